The molecule has 0 aliphatic carbocycles. The number of carboxylic acid groups (broad SMARTS) is 1. The van der Waals surface area contributed by atoms with Gasteiger partial charge in [-0.3, -0.25) is 14.5 Å². The molecule has 1 aliphatic rings. The van der Waals surface area contributed by atoms with Crippen LogP contribution < -0.4 is 5.32 Å². The number of aromatic nitrogens is 1. The number of hydrogen-bond acceptors (Lipinski definition) is 5. The van der Waals surface area contributed by atoms with Gasteiger partial charge in [-0.25, -0.2) is 4.98 Å². The molecule has 1 saturated heterocycles. The lowest BCUT2D eigenvalue weighted by atomic mass is 9.98. The molecule has 21 heavy (non-hydrogen) atoms. The van der Waals surface area contributed by atoms with Crippen molar-refractivity contribution in [2.75, 3.05) is 13.1 Å². The molecule has 0 saturated carbocycles. The molecule has 1 amide bonds. The normalized spacial score (nSPS) is 20.3. The van der Waals surface area contributed by atoms with Gasteiger partial charge in [0, 0.05) is 30.4 Å². The van der Waals surface area contributed by atoms with Gasteiger partial charge in [-0.1, -0.05) is 20.8 Å². The molecule has 2 N–H and O–H groups in total. The fourth-order valence-corrected chi connectivity index (χ4v) is 3.17. The Morgan fingerprint density at radius 1 is 1.57 bits per heavy atom. The highest BCUT2D eigenvalue weighted by atomic mass is 32.1. The number of carbonyl (C=O) groups excluding carboxylic acids is 1. The van der Waals surface area contributed by atoms with E-state index in [1.807, 2.05) is 10.3 Å². The van der Waals surface area contributed by atoms with E-state index in [0.29, 0.717) is 19.6 Å². The van der Waals surface area contributed by atoms with Crippen molar-refractivity contribution >= 4 is 23.2 Å². The van der Waals surface area contributed by atoms with E-state index in [0.717, 1.165) is 10.7 Å². The van der Waals surface area contributed by atoms with Gasteiger partial charge in [0.2, 0.25) is 5.91 Å². The predicted octanol–water partition coefficient (Wildman–Crippen LogP) is 1.22. The highest BCUT2D eigenvalue weighted by Crippen LogP contribution is 2.26. The van der Waals surface area contributed by atoms with Crippen LogP contribution in [0, 0.1) is 0 Å². The molecule has 2 heterocycles. The van der Waals surface area contributed by atoms with Gasteiger partial charge in [0.25, 0.3) is 0 Å². The molecule has 0 radical (unpaired) electrons. The van der Waals surface area contributed by atoms with Gasteiger partial charge in [-0.15, -0.1) is 11.3 Å². The van der Waals surface area contributed by atoms with Crippen LogP contribution in [-0.4, -0.2) is 46.0 Å². The quantitative estimate of drug-likeness (QED) is 0.873. The maximum absolute atomic E-state index is 11.9. The molecular formula is C14H21N3O3S. The number of carbonyl (C=O) groups is 2. The largest absolute Gasteiger partial charge is 0.481 e. The molecule has 1 atom stereocenters. The number of hydrogen-bond donors (Lipinski definition) is 2. The topological polar surface area (TPSA) is 82.5 Å². The Balaban J connectivity index is 2.10. The zero-order valence-electron chi connectivity index (χ0n) is 12.5. The number of nitrogens with one attached hydrogen (secondary N) is 1. The van der Waals surface area contributed by atoms with E-state index in [9.17, 15) is 9.59 Å². The summed E-state index contributed by atoms with van der Waals surface area (Å²) in [4.78, 5) is 29.3. The van der Waals surface area contributed by atoms with Crippen molar-refractivity contribution < 1.29 is 14.7 Å². The Hall–Kier alpha value is -1.47. The number of carboxylic acids is 1. The number of piperazine rings is 1. The third-order valence-corrected chi connectivity index (χ3v) is 4.68. The van der Waals surface area contributed by atoms with Crippen molar-refractivity contribution in [1.29, 1.82) is 0 Å². The molecule has 116 valence electrons. The summed E-state index contributed by atoms with van der Waals surface area (Å²) in [7, 11) is 0. The average molecular weight is 311 g/mol. The summed E-state index contributed by atoms with van der Waals surface area (Å²) < 4.78 is 0. The molecule has 1 aromatic heterocycles. The number of rotatable bonds is 4. The van der Waals surface area contributed by atoms with Crippen LogP contribution in [0.15, 0.2) is 5.38 Å². The maximum Gasteiger partial charge on any atom is 0.305 e. The molecule has 1 fully saturated rings. The van der Waals surface area contributed by atoms with E-state index >= 15 is 0 Å². The summed E-state index contributed by atoms with van der Waals surface area (Å²) in [6.45, 7) is 8.03. The van der Waals surface area contributed by atoms with Crippen molar-refractivity contribution in [3.05, 3.63) is 16.1 Å². The van der Waals surface area contributed by atoms with Crippen LogP contribution in [-0.2, 0) is 21.5 Å². The SMILES string of the molecule is CC(C)(C)c1nc(CN2CCNC(=O)C2CC(=O)O)cs1. The molecule has 1 aliphatic heterocycles. The number of aliphatic carboxylic acids is 1. The first-order valence-corrected chi connectivity index (χ1v) is 7.84. The van der Waals surface area contributed by atoms with E-state index < -0.39 is 12.0 Å². The second-order valence-corrected chi connectivity index (χ2v) is 7.13. The van der Waals surface area contributed by atoms with Gasteiger partial charge in [0.1, 0.15) is 6.04 Å². The van der Waals surface area contributed by atoms with Crippen LogP contribution in [0.1, 0.15) is 37.9 Å². The van der Waals surface area contributed by atoms with Crippen molar-refractivity contribution in [3.63, 3.8) is 0 Å². The molecule has 0 aromatic carbocycles. The zero-order chi connectivity index (χ0) is 15.6. The van der Waals surface area contributed by atoms with Crippen molar-refractivity contribution in [2.24, 2.45) is 0 Å². The Labute approximate surface area is 128 Å². The van der Waals surface area contributed by atoms with Crippen molar-refractivity contribution in [1.82, 2.24) is 15.2 Å². The van der Waals surface area contributed by atoms with Crippen LogP contribution in [0.2, 0.25) is 0 Å². The summed E-state index contributed by atoms with van der Waals surface area (Å²) in [6.07, 6.45) is -0.178. The Morgan fingerprint density at radius 3 is 2.86 bits per heavy atom. The number of amides is 1. The fraction of sp³-hybridized carbons (Fsp3) is 0.643. The lowest BCUT2D eigenvalue weighted by molar-refractivity contribution is -0.143. The van der Waals surface area contributed by atoms with Crippen LogP contribution in [0.3, 0.4) is 0 Å². The first-order chi connectivity index (χ1) is 9.77. The summed E-state index contributed by atoms with van der Waals surface area (Å²) >= 11 is 1.61. The second kappa shape index (κ2) is 6.11. The molecule has 7 heteroatoms. The smallest absolute Gasteiger partial charge is 0.305 e. The summed E-state index contributed by atoms with van der Waals surface area (Å²) in [5.41, 5.74) is 0.901. The van der Waals surface area contributed by atoms with Crippen LogP contribution in [0.4, 0.5) is 0 Å². The highest BCUT2D eigenvalue weighted by Gasteiger charge is 2.32. The number of thiazole rings is 1. The van der Waals surface area contributed by atoms with Gasteiger partial charge in [-0.2, -0.15) is 0 Å². The second-order valence-electron chi connectivity index (χ2n) is 6.27. The minimum Gasteiger partial charge on any atom is -0.481 e. The lowest BCUT2D eigenvalue weighted by Crippen LogP contribution is -2.55. The minimum atomic E-state index is -0.962. The molecule has 1 aromatic rings. The van der Waals surface area contributed by atoms with Crippen LogP contribution in [0.25, 0.3) is 0 Å². The van der Waals surface area contributed by atoms with E-state index in [1.165, 1.54) is 0 Å². The third-order valence-electron chi connectivity index (χ3n) is 3.37. The summed E-state index contributed by atoms with van der Waals surface area (Å²) in [6, 6.07) is -0.615. The fourth-order valence-electron chi connectivity index (χ4n) is 2.27. The zero-order valence-corrected chi connectivity index (χ0v) is 13.4. The molecular weight excluding hydrogens is 290 g/mol. The average Bonchev–Trinajstić information content (AvgIpc) is 2.81. The van der Waals surface area contributed by atoms with Crippen LogP contribution in [0.5, 0.6) is 0 Å². The lowest BCUT2D eigenvalue weighted by Gasteiger charge is -2.33. The van der Waals surface area contributed by atoms with E-state index in [1.54, 1.807) is 11.3 Å². The van der Waals surface area contributed by atoms with Crippen LogP contribution >= 0.6 is 11.3 Å². The van der Waals surface area contributed by atoms with Gasteiger partial charge < -0.3 is 10.4 Å². The summed E-state index contributed by atoms with van der Waals surface area (Å²) in [5.74, 6) is -1.18. The number of nitrogens with zero attached hydrogens (tertiary/aromatic N) is 2. The summed E-state index contributed by atoms with van der Waals surface area (Å²) in [5, 5.41) is 14.7. The van der Waals surface area contributed by atoms with Gasteiger partial charge in [0.05, 0.1) is 17.1 Å². The predicted molar refractivity (Wildman–Crippen MR) is 80.3 cm³/mol. The first kappa shape index (κ1) is 15.9. The maximum atomic E-state index is 11.9. The first-order valence-electron chi connectivity index (χ1n) is 6.96. The van der Waals surface area contributed by atoms with E-state index in [-0.39, 0.29) is 17.7 Å². The van der Waals surface area contributed by atoms with E-state index in [4.69, 9.17) is 5.11 Å². The molecule has 6 nitrogen and oxygen atoms in total. The Bertz CT molecular complexity index is 536. The monoisotopic (exact) mass is 311 g/mol. The molecule has 0 spiro atoms. The molecule has 2 rings (SSSR count). The van der Waals surface area contributed by atoms with Crippen molar-refractivity contribution in [2.45, 2.75) is 45.2 Å². The van der Waals surface area contributed by atoms with Gasteiger partial charge in [-0.05, 0) is 0 Å². The van der Waals surface area contributed by atoms with Gasteiger partial charge in [0.15, 0.2) is 0 Å². The Morgan fingerprint density at radius 2 is 2.29 bits per heavy atom. The highest BCUT2D eigenvalue weighted by molar-refractivity contribution is 7.09. The Kier molecular flexibility index (Phi) is 4.63. The molecule has 1 unspecified atom stereocenters. The minimum absolute atomic E-state index is 0.00263. The van der Waals surface area contributed by atoms with E-state index in [2.05, 4.69) is 31.1 Å². The van der Waals surface area contributed by atoms with Crippen molar-refractivity contribution in [3.8, 4) is 0 Å². The van der Waals surface area contributed by atoms with Gasteiger partial charge >= 0.3 is 5.97 Å². The molecule has 0 bridgehead atoms. The third kappa shape index (κ3) is 4.01. The standard InChI is InChI=1S/C14H21N3O3S/c1-14(2,3)13-16-9(8-21-13)7-17-5-4-15-12(20)10(17)6-11(18)19/h8,10H,4-7H2,1-3H3,(H,15,20)(H,18,19).